The molecule has 0 saturated carbocycles. The molecule has 0 unspecified atom stereocenters. The molecule has 9 heteroatoms. The maximum absolute atomic E-state index is 12.4. The summed E-state index contributed by atoms with van der Waals surface area (Å²) in [6, 6.07) is 10.6. The van der Waals surface area contributed by atoms with Gasteiger partial charge in [0.25, 0.3) is 11.5 Å². The molecule has 164 valence electrons. The van der Waals surface area contributed by atoms with Crippen LogP contribution in [0, 0.1) is 0 Å². The highest BCUT2D eigenvalue weighted by molar-refractivity contribution is 6.05. The van der Waals surface area contributed by atoms with Crippen LogP contribution < -0.4 is 10.9 Å². The van der Waals surface area contributed by atoms with Crippen LogP contribution in [-0.2, 0) is 11.3 Å². The minimum atomic E-state index is -0.368. The van der Waals surface area contributed by atoms with Crippen LogP contribution in [0.25, 0.3) is 22.3 Å². The van der Waals surface area contributed by atoms with Crippen molar-refractivity contribution in [2.45, 2.75) is 13.5 Å². The van der Waals surface area contributed by atoms with Crippen molar-refractivity contribution in [2.75, 3.05) is 5.32 Å². The van der Waals surface area contributed by atoms with Crippen LogP contribution in [0.1, 0.15) is 6.92 Å². The van der Waals surface area contributed by atoms with Crippen molar-refractivity contribution >= 4 is 22.9 Å². The van der Waals surface area contributed by atoms with Crippen LogP contribution in [0.4, 0.5) is 5.95 Å². The Morgan fingerprint density at radius 2 is 1.97 bits per heavy atom. The van der Waals surface area contributed by atoms with Gasteiger partial charge in [-0.05, 0) is 25.1 Å². The molecule has 33 heavy (non-hydrogen) atoms. The van der Waals surface area contributed by atoms with E-state index in [4.69, 9.17) is 0 Å². The number of carbonyl (C=O) groups excluding carboxylic acids is 1. The number of rotatable bonds is 7. The molecule has 0 saturated heterocycles. The summed E-state index contributed by atoms with van der Waals surface area (Å²) in [7, 11) is 0. The summed E-state index contributed by atoms with van der Waals surface area (Å²) in [6.45, 7) is 5.96. The van der Waals surface area contributed by atoms with Crippen LogP contribution in [0.15, 0.2) is 95.9 Å². The van der Waals surface area contributed by atoms with E-state index in [1.165, 1.54) is 17.1 Å². The monoisotopic (exact) mass is 439 g/mol. The zero-order valence-corrected chi connectivity index (χ0v) is 17.9. The summed E-state index contributed by atoms with van der Waals surface area (Å²) < 4.78 is 1.37. The summed E-state index contributed by atoms with van der Waals surface area (Å²) in [5.74, 6) is -0.0105. The zero-order valence-electron chi connectivity index (χ0n) is 17.9. The molecule has 2 N–H and O–H groups in total. The van der Waals surface area contributed by atoms with Crippen molar-refractivity contribution < 1.29 is 4.79 Å². The summed E-state index contributed by atoms with van der Waals surface area (Å²) in [6.07, 6.45) is 9.80. The second kappa shape index (κ2) is 9.65. The van der Waals surface area contributed by atoms with Gasteiger partial charge in [-0.2, -0.15) is 5.10 Å². The average Bonchev–Trinajstić information content (AvgIpc) is 3.23. The fourth-order valence-electron chi connectivity index (χ4n) is 3.04. The molecule has 0 radical (unpaired) electrons. The van der Waals surface area contributed by atoms with E-state index in [2.05, 4.69) is 36.9 Å². The first-order valence-corrected chi connectivity index (χ1v) is 10.1. The van der Waals surface area contributed by atoms with Gasteiger partial charge in [-0.1, -0.05) is 42.5 Å². The number of carbonyl (C=O) groups is 1. The molecule has 0 atom stereocenters. The van der Waals surface area contributed by atoms with Crippen molar-refractivity contribution in [3.05, 3.63) is 101 Å². The van der Waals surface area contributed by atoms with E-state index in [-0.39, 0.29) is 17.0 Å². The SMILES string of the molecule is C=C(/C=C\C=C(/C)Cn1nc(-c2cncnc2)ccc1=O)C(=O)Nc1nc2ccccc2[nH]1. The molecule has 0 bridgehead atoms. The van der Waals surface area contributed by atoms with E-state index < -0.39 is 0 Å². The van der Waals surface area contributed by atoms with Gasteiger partial charge >= 0.3 is 0 Å². The van der Waals surface area contributed by atoms with Crippen molar-refractivity contribution in [2.24, 2.45) is 0 Å². The van der Waals surface area contributed by atoms with Crippen LogP contribution in [-0.4, -0.2) is 35.6 Å². The lowest BCUT2D eigenvalue weighted by Crippen LogP contribution is -2.22. The molecule has 0 spiro atoms. The third kappa shape index (κ3) is 5.34. The molecule has 0 fully saturated rings. The molecule has 1 amide bonds. The molecule has 9 nitrogen and oxygen atoms in total. The van der Waals surface area contributed by atoms with Crippen LogP contribution in [0.5, 0.6) is 0 Å². The lowest BCUT2D eigenvalue weighted by Gasteiger charge is -2.07. The van der Waals surface area contributed by atoms with Gasteiger partial charge in [0.05, 0.1) is 23.3 Å². The highest BCUT2D eigenvalue weighted by atomic mass is 16.2. The van der Waals surface area contributed by atoms with Gasteiger partial charge in [-0.3, -0.25) is 14.9 Å². The van der Waals surface area contributed by atoms with E-state index in [1.54, 1.807) is 36.7 Å². The van der Waals surface area contributed by atoms with Gasteiger partial charge in [0.2, 0.25) is 5.95 Å². The number of nitrogens with one attached hydrogen (secondary N) is 2. The number of H-pyrrole nitrogens is 1. The number of aromatic amines is 1. The normalized spacial score (nSPS) is 11.7. The number of imidazole rings is 1. The number of aromatic nitrogens is 6. The largest absolute Gasteiger partial charge is 0.324 e. The van der Waals surface area contributed by atoms with Crippen molar-refractivity contribution in [1.82, 2.24) is 29.7 Å². The van der Waals surface area contributed by atoms with Crippen LogP contribution >= 0.6 is 0 Å². The van der Waals surface area contributed by atoms with E-state index >= 15 is 0 Å². The Kier molecular flexibility index (Phi) is 6.31. The van der Waals surface area contributed by atoms with Crippen LogP contribution in [0.3, 0.4) is 0 Å². The minimum absolute atomic E-state index is 0.220. The van der Waals surface area contributed by atoms with E-state index in [0.29, 0.717) is 18.2 Å². The maximum atomic E-state index is 12.4. The van der Waals surface area contributed by atoms with Gasteiger partial charge in [0.1, 0.15) is 6.33 Å². The third-order valence-electron chi connectivity index (χ3n) is 4.71. The molecule has 4 rings (SSSR count). The third-order valence-corrected chi connectivity index (χ3v) is 4.71. The Balaban J connectivity index is 1.39. The lowest BCUT2D eigenvalue weighted by atomic mass is 10.2. The highest BCUT2D eigenvalue weighted by Gasteiger charge is 2.08. The molecule has 1 aromatic carbocycles. The minimum Gasteiger partial charge on any atom is -0.324 e. The topological polar surface area (TPSA) is 118 Å². The smallest absolute Gasteiger partial charge is 0.267 e. The summed E-state index contributed by atoms with van der Waals surface area (Å²) >= 11 is 0. The van der Waals surface area contributed by atoms with Crippen LogP contribution in [0.2, 0.25) is 0 Å². The van der Waals surface area contributed by atoms with Gasteiger partial charge < -0.3 is 4.98 Å². The number of hydrogen-bond donors (Lipinski definition) is 2. The molecular weight excluding hydrogens is 418 g/mol. The van der Waals surface area contributed by atoms with Gasteiger partial charge in [-0.25, -0.2) is 19.6 Å². The standard InChI is InChI=1S/C24H21N7O2/c1-16(14-31-22(32)11-10-19(30-31)18-12-25-15-26-13-18)6-5-7-17(2)23(33)29-24-27-20-8-3-4-9-21(20)28-24/h3-13,15H,2,14H2,1H3,(H2,27,28,29,33)/b7-5-,16-6+. The van der Waals surface area contributed by atoms with Crippen molar-refractivity contribution in [3.8, 4) is 11.3 Å². The second-order valence-corrected chi connectivity index (χ2v) is 7.30. The van der Waals surface area contributed by atoms with Crippen molar-refractivity contribution in [3.63, 3.8) is 0 Å². The van der Waals surface area contributed by atoms with Gasteiger partial charge in [0, 0.05) is 29.6 Å². The second-order valence-electron chi connectivity index (χ2n) is 7.30. The number of anilines is 1. The number of nitrogens with zero attached hydrogens (tertiary/aromatic N) is 5. The Labute approximate surface area is 189 Å². The van der Waals surface area contributed by atoms with Gasteiger partial charge in [-0.15, -0.1) is 0 Å². The molecule has 3 aromatic heterocycles. The number of allylic oxidation sites excluding steroid dienone is 3. The Morgan fingerprint density at radius 1 is 1.18 bits per heavy atom. The molecule has 3 heterocycles. The quantitative estimate of drug-likeness (QED) is 0.337. The molecule has 4 aromatic rings. The predicted octanol–water partition coefficient (Wildman–Crippen LogP) is 3.27. The van der Waals surface area contributed by atoms with E-state index in [0.717, 1.165) is 22.2 Å². The molecule has 0 aliphatic rings. The molecule has 0 aliphatic heterocycles. The Morgan fingerprint density at radius 3 is 2.76 bits per heavy atom. The number of para-hydroxylation sites is 2. The first-order chi connectivity index (χ1) is 16.0. The number of fused-ring (bicyclic) bond motifs is 1. The van der Waals surface area contributed by atoms with Crippen molar-refractivity contribution in [1.29, 1.82) is 0 Å². The predicted molar refractivity (Wildman–Crippen MR) is 126 cm³/mol. The van der Waals surface area contributed by atoms with Gasteiger partial charge in [0.15, 0.2) is 0 Å². The Bertz CT molecular complexity index is 1400. The molecular formula is C24H21N7O2. The average molecular weight is 439 g/mol. The maximum Gasteiger partial charge on any atom is 0.267 e. The fourth-order valence-corrected chi connectivity index (χ4v) is 3.04. The van der Waals surface area contributed by atoms with E-state index in [9.17, 15) is 9.59 Å². The first kappa shape index (κ1) is 21.6. The fraction of sp³-hybridized carbons (Fsp3) is 0.0833. The summed E-state index contributed by atoms with van der Waals surface area (Å²) in [5, 5.41) is 7.08. The highest BCUT2D eigenvalue weighted by Crippen LogP contribution is 2.14. The Hall–Kier alpha value is -4.66. The van der Waals surface area contributed by atoms with E-state index in [1.807, 2.05) is 31.2 Å². The number of benzene rings is 1. The summed E-state index contributed by atoms with van der Waals surface area (Å²) in [4.78, 5) is 39.9. The molecule has 0 aliphatic carbocycles. The first-order valence-electron chi connectivity index (χ1n) is 10.1. The zero-order chi connectivity index (χ0) is 23.2. The lowest BCUT2D eigenvalue weighted by molar-refractivity contribution is -0.112. The number of amides is 1. The summed E-state index contributed by atoms with van der Waals surface area (Å²) in [5.41, 5.74) is 3.84. The number of hydrogen-bond acceptors (Lipinski definition) is 6.